The molecule has 0 rings (SSSR count). The third kappa shape index (κ3) is 69.1. The number of carbonyl (C=O) groups is 2. The number of phosphoric acid groups is 1. The minimum absolute atomic E-state index is 0.0276. The molecule has 9 nitrogen and oxygen atoms in total. The maximum Gasteiger partial charge on any atom is 0.306 e. The minimum atomic E-state index is -4.64. The highest BCUT2D eigenvalue weighted by atomic mass is 31.2. The van der Waals surface area contributed by atoms with Crippen molar-refractivity contribution in [1.29, 1.82) is 0 Å². The second-order valence-corrected chi connectivity index (χ2v) is 27.3. The fourth-order valence-corrected chi connectivity index (χ4v) is 11.6. The quantitative estimate of drug-likeness (QED) is 0.0195. The van der Waals surface area contributed by atoms with E-state index in [1.807, 2.05) is 21.1 Å². The first-order chi connectivity index (χ1) is 41.0. The van der Waals surface area contributed by atoms with E-state index in [1.165, 1.54) is 270 Å². The van der Waals surface area contributed by atoms with E-state index in [-0.39, 0.29) is 32.0 Å². The predicted octanol–water partition coefficient (Wildman–Crippen LogP) is 23.0. The topological polar surface area (TPSA) is 111 Å². The predicted molar refractivity (Wildman–Crippen MR) is 360 cm³/mol. The maximum atomic E-state index is 12.9. The zero-order valence-electron chi connectivity index (χ0n) is 56.4. The smallest absolute Gasteiger partial charge is 0.306 e. The van der Waals surface area contributed by atoms with Gasteiger partial charge in [0.2, 0.25) is 0 Å². The Morgan fingerprint density at radius 3 is 1.01 bits per heavy atom. The van der Waals surface area contributed by atoms with Gasteiger partial charge in [0.25, 0.3) is 7.82 Å². The lowest BCUT2D eigenvalue weighted by atomic mass is 10.0. The average Bonchev–Trinajstić information content (AvgIpc) is 3.61. The Morgan fingerprint density at radius 1 is 0.381 bits per heavy atom. The normalized spacial score (nSPS) is 13.4. The van der Waals surface area contributed by atoms with E-state index in [0.717, 1.165) is 57.8 Å². The van der Waals surface area contributed by atoms with Crippen LogP contribution in [0, 0.1) is 0 Å². The number of rotatable bonds is 68. The lowest BCUT2D eigenvalue weighted by Crippen LogP contribution is -2.37. The van der Waals surface area contributed by atoms with E-state index < -0.39 is 26.5 Å². The molecule has 0 bridgehead atoms. The molecule has 84 heavy (non-hydrogen) atoms. The summed E-state index contributed by atoms with van der Waals surface area (Å²) in [6.45, 7) is 4.20. The highest BCUT2D eigenvalue weighted by Crippen LogP contribution is 2.38. The van der Waals surface area contributed by atoms with Gasteiger partial charge >= 0.3 is 11.9 Å². The molecule has 0 N–H and O–H groups in total. The second-order valence-electron chi connectivity index (χ2n) is 25.9. The van der Waals surface area contributed by atoms with E-state index in [9.17, 15) is 19.0 Å². The molecule has 0 aromatic heterocycles. The van der Waals surface area contributed by atoms with Gasteiger partial charge in [-0.1, -0.05) is 345 Å². The molecule has 0 spiro atoms. The first-order valence-corrected chi connectivity index (χ1v) is 37.8. The molecule has 0 aliphatic rings. The van der Waals surface area contributed by atoms with Crippen molar-refractivity contribution in [1.82, 2.24) is 0 Å². The zero-order valence-corrected chi connectivity index (χ0v) is 57.3. The molecule has 0 aliphatic carbocycles. The van der Waals surface area contributed by atoms with E-state index >= 15 is 0 Å². The number of likely N-dealkylation sites (N-methyl/N-ethyl adjacent to an activating group) is 1. The van der Waals surface area contributed by atoms with Gasteiger partial charge in [-0.3, -0.25) is 14.2 Å². The third-order valence-corrected chi connectivity index (χ3v) is 17.3. The number of unbranched alkanes of at least 4 members (excludes halogenated alkanes) is 46. The summed E-state index contributed by atoms with van der Waals surface area (Å²) in [6.07, 6.45) is 84.9. The second kappa shape index (κ2) is 65.4. The summed E-state index contributed by atoms with van der Waals surface area (Å²) < 4.78 is 34.4. The first-order valence-electron chi connectivity index (χ1n) is 36.3. The molecule has 0 aromatic carbocycles. The van der Waals surface area contributed by atoms with Gasteiger partial charge < -0.3 is 27.9 Å². The van der Waals surface area contributed by atoms with Crippen molar-refractivity contribution in [3.8, 4) is 0 Å². The molecule has 0 aliphatic heterocycles. The summed E-state index contributed by atoms with van der Waals surface area (Å²) in [5.41, 5.74) is 0. The summed E-state index contributed by atoms with van der Waals surface area (Å²) in [4.78, 5) is 38.1. The van der Waals surface area contributed by atoms with Crippen LogP contribution in [0.4, 0.5) is 0 Å². The van der Waals surface area contributed by atoms with Crippen LogP contribution in [-0.2, 0) is 32.7 Å². The van der Waals surface area contributed by atoms with Crippen LogP contribution >= 0.6 is 7.82 Å². The van der Waals surface area contributed by atoms with Crippen LogP contribution in [0.25, 0.3) is 0 Å². The number of allylic oxidation sites excluding steroid dienone is 8. The first kappa shape index (κ1) is 82.0. The highest BCUT2D eigenvalue weighted by molar-refractivity contribution is 7.45. The van der Waals surface area contributed by atoms with E-state index in [2.05, 4.69) is 62.5 Å². The van der Waals surface area contributed by atoms with Crippen molar-refractivity contribution in [3.05, 3.63) is 48.6 Å². The van der Waals surface area contributed by atoms with Crippen LogP contribution in [-0.4, -0.2) is 70.0 Å². The van der Waals surface area contributed by atoms with Crippen LogP contribution in [0.2, 0.25) is 0 Å². The Bertz CT molecular complexity index is 1560. The number of carbonyl (C=O) groups excluding carboxylic acids is 2. The van der Waals surface area contributed by atoms with Crippen LogP contribution in [0.3, 0.4) is 0 Å². The standard InChI is InChI=1S/C74H140NO8P/c1-6-8-10-12-14-16-18-20-22-24-26-28-30-32-33-34-35-36-37-38-39-40-41-43-45-47-49-51-53-55-57-59-61-63-65-67-74(77)83-72(71-82-84(78,79)81-69-68-75(3,4)5)70-80-73(76)66-64-62-60-58-56-54-52-50-48-46-44-42-31-29-27-25-23-21-19-17-15-13-11-9-7-2/h8,10,14,16,20,22,26,28,72H,6-7,9,11-13,15,17-19,21,23-25,27,29-71H2,1-5H3/b10-8-,16-14-,22-20-,28-26-. The molecule has 2 atom stereocenters. The summed E-state index contributed by atoms with van der Waals surface area (Å²) in [5, 5.41) is 0. The molecule has 0 saturated carbocycles. The number of ether oxygens (including phenoxy) is 2. The van der Waals surface area contributed by atoms with Gasteiger partial charge in [-0.25, -0.2) is 0 Å². The van der Waals surface area contributed by atoms with Crippen LogP contribution in [0.1, 0.15) is 361 Å². The van der Waals surface area contributed by atoms with Gasteiger partial charge in [0.1, 0.15) is 19.8 Å². The number of nitrogens with zero attached hydrogens (tertiary/aromatic N) is 1. The van der Waals surface area contributed by atoms with Gasteiger partial charge in [-0.2, -0.15) is 0 Å². The van der Waals surface area contributed by atoms with Crippen molar-refractivity contribution < 1.29 is 42.1 Å². The lowest BCUT2D eigenvalue weighted by molar-refractivity contribution is -0.870. The molecular formula is C74H140NO8P. The number of phosphoric ester groups is 1. The van der Waals surface area contributed by atoms with Gasteiger partial charge in [-0.15, -0.1) is 0 Å². The highest BCUT2D eigenvalue weighted by Gasteiger charge is 2.22. The molecular weight excluding hydrogens is 1060 g/mol. The molecule has 0 saturated heterocycles. The van der Waals surface area contributed by atoms with E-state index in [1.54, 1.807) is 0 Å². The Morgan fingerprint density at radius 2 is 0.679 bits per heavy atom. The van der Waals surface area contributed by atoms with Crippen LogP contribution < -0.4 is 4.89 Å². The van der Waals surface area contributed by atoms with Gasteiger partial charge in [0.05, 0.1) is 27.7 Å². The fourth-order valence-electron chi connectivity index (χ4n) is 10.8. The van der Waals surface area contributed by atoms with Crippen molar-refractivity contribution in [2.45, 2.75) is 367 Å². The number of hydrogen-bond donors (Lipinski definition) is 0. The number of esters is 2. The fraction of sp³-hybridized carbons (Fsp3) is 0.865. The Hall–Kier alpha value is -2.03. The number of quaternary nitrogens is 1. The summed E-state index contributed by atoms with van der Waals surface area (Å²) in [6, 6.07) is 0. The summed E-state index contributed by atoms with van der Waals surface area (Å²) >= 11 is 0. The van der Waals surface area contributed by atoms with Gasteiger partial charge in [0, 0.05) is 12.8 Å². The summed E-state index contributed by atoms with van der Waals surface area (Å²) in [7, 11) is 1.19. The monoisotopic (exact) mass is 1200 g/mol. The molecule has 494 valence electrons. The maximum absolute atomic E-state index is 12.9. The molecule has 2 unspecified atom stereocenters. The van der Waals surface area contributed by atoms with Crippen LogP contribution in [0.15, 0.2) is 48.6 Å². The van der Waals surface area contributed by atoms with Crippen molar-refractivity contribution >= 4 is 19.8 Å². The van der Waals surface area contributed by atoms with Crippen molar-refractivity contribution in [2.24, 2.45) is 0 Å². The molecule has 0 fully saturated rings. The molecule has 10 heteroatoms. The summed E-state index contributed by atoms with van der Waals surface area (Å²) in [5.74, 6) is -0.809. The Kier molecular flexibility index (Phi) is 63.8. The Balaban J connectivity index is 3.95. The van der Waals surface area contributed by atoms with E-state index in [0.29, 0.717) is 17.4 Å². The van der Waals surface area contributed by atoms with Crippen LogP contribution in [0.5, 0.6) is 0 Å². The molecule has 0 aromatic rings. The van der Waals surface area contributed by atoms with Gasteiger partial charge in [0.15, 0.2) is 6.10 Å². The largest absolute Gasteiger partial charge is 0.756 e. The zero-order chi connectivity index (χ0) is 61.2. The average molecular weight is 1200 g/mol. The molecule has 0 radical (unpaired) electrons. The van der Waals surface area contributed by atoms with E-state index in [4.69, 9.17) is 18.5 Å². The SMILES string of the molecule is CC/C=C\C/C=C\C/C=C\C/C=C\CCCCCCCCCCCCCCCCCCCCCCCCC(=O)OC(COC(=O)CCCCCCCCCCCCCCCCCCCCCCCCCCC)COP(=O)([O-])OCC[N+](C)(C)C. The van der Waals surface area contributed by atoms with Gasteiger partial charge in [-0.05, 0) is 51.4 Å². The minimum Gasteiger partial charge on any atom is -0.756 e. The lowest BCUT2D eigenvalue weighted by Gasteiger charge is -2.28. The van der Waals surface area contributed by atoms with Crippen molar-refractivity contribution in [2.75, 3.05) is 47.5 Å². The number of hydrogen-bond acceptors (Lipinski definition) is 8. The Labute approximate surface area is 522 Å². The molecule has 0 amide bonds. The van der Waals surface area contributed by atoms with Crippen molar-refractivity contribution in [3.63, 3.8) is 0 Å². The molecule has 0 heterocycles. The third-order valence-electron chi connectivity index (χ3n) is 16.4.